The van der Waals surface area contributed by atoms with Crippen LogP contribution in [-0.2, 0) is 6.42 Å². The Hall–Kier alpha value is -2.20. The predicted molar refractivity (Wildman–Crippen MR) is 108 cm³/mol. The van der Waals surface area contributed by atoms with E-state index in [1.807, 2.05) is 17.0 Å². The van der Waals surface area contributed by atoms with Crippen LogP contribution < -0.4 is 0 Å². The normalized spacial score (nSPS) is 22.3. The molecule has 0 saturated carbocycles. The zero-order valence-corrected chi connectivity index (χ0v) is 16.4. The molecule has 1 atom stereocenters. The van der Waals surface area contributed by atoms with Crippen LogP contribution in [0.2, 0.25) is 0 Å². The van der Waals surface area contributed by atoms with Crippen LogP contribution in [0.1, 0.15) is 53.7 Å². The van der Waals surface area contributed by atoms with Crippen molar-refractivity contribution in [2.45, 2.75) is 44.1 Å². The number of piperidine rings is 1. The first-order valence-corrected chi connectivity index (χ1v) is 10.1. The summed E-state index contributed by atoms with van der Waals surface area (Å²) >= 11 is 0. The van der Waals surface area contributed by atoms with Crippen molar-refractivity contribution in [3.8, 4) is 0 Å². The van der Waals surface area contributed by atoms with Gasteiger partial charge in [-0.05, 0) is 56.3 Å². The van der Waals surface area contributed by atoms with Crippen LogP contribution in [0.25, 0.3) is 0 Å². The highest BCUT2D eigenvalue weighted by Crippen LogP contribution is 2.44. The molecule has 1 aromatic carbocycles. The molecule has 142 valence electrons. The van der Waals surface area contributed by atoms with Gasteiger partial charge >= 0.3 is 0 Å². The molecule has 2 saturated heterocycles. The van der Waals surface area contributed by atoms with E-state index in [1.165, 1.54) is 12.0 Å². The average Bonchev–Trinajstić information content (AvgIpc) is 3.04. The van der Waals surface area contributed by atoms with Crippen molar-refractivity contribution < 1.29 is 4.79 Å². The second-order valence-corrected chi connectivity index (χ2v) is 8.10. The first-order chi connectivity index (χ1) is 13.1. The molecule has 4 heteroatoms. The third-order valence-corrected chi connectivity index (χ3v) is 6.61. The van der Waals surface area contributed by atoms with Gasteiger partial charge in [0.15, 0.2) is 0 Å². The Bertz CT molecular complexity index is 796. The van der Waals surface area contributed by atoms with E-state index in [1.54, 1.807) is 6.20 Å². The number of pyridine rings is 1. The van der Waals surface area contributed by atoms with Crippen molar-refractivity contribution in [2.24, 2.45) is 0 Å². The zero-order valence-electron chi connectivity index (χ0n) is 16.4. The topological polar surface area (TPSA) is 36.4 Å². The Labute approximate surface area is 162 Å². The lowest BCUT2D eigenvalue weighted by Gasteiger charge is -2.43. The zero-order chi connectivity index (χ0) is 18.9. The molecule has 0 bridgehead atoms. The van der Waals surface area contributed by atoms with Crippen molar-refractivity contribution in [3.63, 3.8) is 0 Å². The van der Waals surface area contributed by atoms with Gasteiger partial charge in [0.25, 0.3) is 5.91 Å². The fraction of sp³-hybridized carbons (Fsp3) is 0.478. The van der Waals surface area contributed by atoms with E-state index in [0.717, 1.165) is 50.2 Å². The smallest absolute Gasteiger partial charge is 0.253 e. The number of hydrogen-bond donors (Lipinski definition) is 0. The molecular weight excluding hydrogens is 334 g/mol. The lowest BCUT2D eigenvalue weighted by Crippen LogP contribution is -2.52. The Morgan fingerprint density at radius 3 is 2.63 bits per heavy atom. The van der Waals surface area contributed by atoms with Gasteiger partial charge in [-0.25, -0.2) is 0 Å². The van der Waals surface area contributed by atoms with Crippen LogP contribution in [0.3, 0.4) is 0 Å². The minimum atomic E-state index is 0.155. The maximum absolute atomic E-state index is 12.9. The summed E-state index contributed by atoms with van der Waals surface area (Å²) in [5.74, 6) is 0.757. The van der Waals surface area contributed by atoms with Crippen LogP contribution in [0.15, 0.2) is 48.7 Å². The number of aromatic nitrogens is 1. The summed E-state index contributed by atoms with van der Waals surface area (Å²) < 4.78 is 0. The third kappa shape index (κ3) is 3.51. The number of hydrogen-bond acceptors (Lipinski definition) is 3. The van der Waals surface area contributed by atoms with Crippen LogP contribution >= 0.6 is 0 Å². The minimum absolute atomic E-state index is 0.155. The van der Waals surface area contributed by atoms with Crippen LogP contribution in [0, 0.1) is 0 Å². The molecule has 27 heavy (non-hydrogen) atoms. The van der Waals surface area contributed by atoms with Gasteiger partial charge in [0.2, 0.25) is 0 Å². The van der Waals surface area contributed by atoms with E-state index in [4.69, 9.17) is 0 Å². The maximum atomic E-state index is 12.9. The molecule has 2 aliphatic rings. The summed E-state index contributed by atoms with van der Waals surface area (Å²) in [6.07, 6.45) is 5.93. The van der Waals surface area contributed by atoms with Crippen LogP contribution in [-0.4, -0.2) is 52.9 Å². The maximum Gasteiger partial charge on any atom is 0.253 e. The molecule has 4 rings (SSSR count). The number of likely N-dealkylation sites (tertiary alicyclic amines) is 2. The number of rotatable bonds is 3. The molecule has 0 unspecified atom stereocenters. The van der Waals surface area contributed by atoms with Crippen molar-refractivity contribution in [2.75, 3.05) is 26.7 Å². The van der Waals surface area contributed by atoms with Gasteiger partial charge in [-0.15, -0.1) is 0 Å². The summed E-state index contributed by atoms with van der Waals surface area (Å²) in [5.41, 5.74) is 3.45. The van der Waals surface area contributed by atoms with Gasteiger partial charge in [-0.2, -0.15) is 0 Å². The molecule has 2 aromatic rings. The van der Waals surface area contributed by atoms with Crippen LogP contribution in [0.5, 0.6) is 0 Å². The van der Waals surface area contributed by atoms with Gasteiger partial charge in [0.05, 0.1) is 0 Å². The number of amides is 1. The first-order valence-electron chi connectivity index (χ1n) is 10.1. The van der Waals surface area contributed by atoms with Crippen molar-refractivity contribution in [3.05, 3.63) is 65.5 Å². The van der Waals surface area contributed by atoms with Crippen LogP contribution in [0.4, 0.5) is 0 Å². The second kappa shape index (κ2) is 7.43. The predicted octanol–water partition coefficient (Wildman–Crippen LogP) is 3.74. The monoisotopic (exact) mass is 363 g/mol. The van der Waals surface area contributed by atoms with E-state index >= 15 is 0 Å². The quantitative estimate of drug-likeness (QED) is 0.833. The molecule has 1 aromatic heterocycles. The Morgan fingerprint density at radius 1 is 1.19 bits per heavy atom. The van der Waals surface area contributed by atoms with Gasteiger partial charge < -0.3 is 4.90 Å². The Balaban J connectivity index is 1.43. The summed E-state index contributed by atoms with van der Waals surface area (Å²) in [6.45, 7) is 4.87. The summed E-state index contributed by atoms with van der Waals surface area (Å²) in [7, 11) is 2.26. The fourth-order valence-electron chi connectivity index (χ4n) is 4.85. The molecular formula is C23H29N3O. The highest BCUT2D eigenvalue weighted by molar-refractivity contribution is 5.94. The molecule has 1 amide bonds. The molecule has 1 spiro atoms. The standard InChI is InChI=1S/C23H29N3O/c1-3-21-15-19(9-12-24-21)22(27)26-13-10-23(11-14-26)16-20(17-25(23)2)18-7-5-4-6-8-18/h4-9,12,15,20H,3,10-11,13-14,16-17H2,1-2H3/t20-/m0/s1. The van der Waals surface area contributed by atoms with E-state index in [2.05, 4.69) is 54.2 Å². The number of carbonyl (C=O) groups is 1. The summed E-state index contributed by atoms with van der Waals surface area (Å²) in [4.78, 5) is 21.8. The summed E-state index contributed by atoms with van der Waals surface area (Å²) in [5, 5.41) is 0. The molecule has 2 fully saturated rings. The number of carbonyl (C=O) groups excluding carboxylic acids is 1. The third-order valence-electron chi connectivity index (χ3n) is 6.61. The van der Waals surface area contributed by atoms with E-state index in [9.17, 15) is 4.79 Å². The SMILES string of the molecule is CCc1cc(C(=O)N2CCC3(CC2)C[C@H](c2ccccc2)CN3C)ccn1. The molecule has 0 aliphatic carbocycles. The van der Waals surface area contributed by atoms with E-state index in [0.29, 0.717) is 5.92 Å². The summed E-state index contributed by atoms with van der Waals surface area (Å²) in [6, 6.07) is 14.7. The molecule has 3 heterocycles. The van der Waals surface area contributed by atoms with E-state index < -0.39 is 0 Å². The van der Waals surface area contributed by atoms with Gasteiger partial charge in [0, 0.05) is 42.6 Å². The van der Waals surface area contributed by atoms with Gasteiger partial charge in [-0.3, -0.25) is 14.7 Å². The molecule has 0 N–H and O–H groups in total. The van der Waals surface area contributed by atoms with Gasteiger partial charge in [0.1, 0.15) is 0 Å². The average molecular weight is 364 g/mol. The Kier molecular flexibility index (Phi) is 5.00. The van der Waals surface area contributed by atoms with E-state index in [-0.39, 0.29) is 11.4 Å². The number of likely N-dealkylation sites (N-methyl/N-ethyl adjacent to an activating group) is 1. The highest BCUT2D eigenvalue weighted by Gasteiger charge is 2.46. The minimum Gasteiger partial charge on any atom is -0.339 e. The molecule has 0 radical (unpaired) electrons. The fourth-order valence-corrected chi connectivity index (χ4v) is 4.85. The lowest BCUT2D eigenvalue weighted by atomic mass is 9.81. The largest absolute Gasteiger partial charge is 0.339 e. The highest BCUT2D eigenvalue weighted by atomic mass is 16.2. The van der Waals surface area contributed by atoms with Crippen molar-refractivity contribution in [1.82, 2.24) is 14.8 Å². The van der Waals surface area contributed by atoms with Crippen molar-refractivity contribution >= 4 is 5.91 Å². The molecule has 4 nitrogen and oxygen atoms in total. The van der Waals surface area contributed by atoms with Crippen molar-refractivity contribution in [1.29, 1.82) is 0 Å². The second-order valence-electron chi connectivity index (χ2n) is 8.10. The first kappa shape index (κ1) is 18.2. The number of aryl methyl sites for hydroxylation is 1. The Morgan fingerprint density at radius 2 is 1.93 bits per heavy atom. The van der Waals surface area contributed by atoms with Gasteiger partial charge in [-0.1, -0.05) is 37.3 Å². The molecule has 2 aliphatic heterocycles. The number of nitrogens with zero attached hydrogens (tertiary/aromatic N) is 3. The lowest BCUT2D eigenvalue weighted by molar-refractivity contribution is 0.0492. The number of benzene rings is 1.